The quantitative estimate of drug-likeness (QED) is 0.639. The number of rotatable bonds is 8. The lowest BCUT2D eigenvalue weighted by Gasteiger charge is -2.11. The number of carbonyl (C=O) groups is 1. The molecule has 1 N–H and O–H groups in total. The summed E-state index contributed by atoms with van der Waals surface area (Å²) in [7, 11) is 1.56. The predicted octanol–water partition coefficient (Wildman–Crippen LogP) is 2.49. The average Bonchev–Trinajstić information content (AvgIpc) is 3.12. The second-order valence-electron chi connectivity index (χ2n) is 6.15. The van der Waals surface area contributed by atoms with Gasteiger partial charge in [0.25, 0.3) is 5.91 Å². The summed E-state index contributed by atoms with van der Waals surface area (Å²) in [5.74, 6) is 2.14. The number of carbonyl (C=O) groups excluding carboxylic acids is 1. The van der Waals surface area contributed by atoms with Gasteiger partial charge in [-0.3, -0.25) is 4.79 Å². The van der Waals surface area contributed by atoms with Crippen LogP contribution in [-0.2, 0) is 11.2 Å². The number of ether oxygens (including phenoxy) is 2. The van der Waals surface area contributed by atoms with Crippen molar-refractivity contribution in [2.45, 2.75) is 20.3 Å². The van der Waals surface area contributed by atoms with Crippen molar-refractivity contribution >= 4 is 5.91 Å². The predicted molar refractivity (Wildman–Crippen MR) is 102 cm³/mol. The molecule has 0 fully saturated rings. The fourth-order valence-electron chi connectivity index (χ4n) is 2.66. The third kappa shape index (κ3) is 4.85. The summed E-state index contributed by atoms with van der Waals surface area (Å²) in [4.78, 5) is 20.8. The first kappa shape index (κ1) is 19.3. The Hall–Kier alpha value is -3.42. The van der Waals surface area contributed by atoms with E-state index < -0.39 is 0 Å². The van der Waals surface area contributed by atoms with Gasteiger partial charge in [0.2, 0.25) is 0 Å². The Labute approximate surface area is 162 Å². The highest BCUT2D eigenvalue weighted by Crippen LogP contribution is 2.25. The Morgan fingerprint density at radius 3 is 2.71 bits per heavy atom. The first-order valence-electron chi connectivity index (χ1n) is 8.85. The van der Waals surface area contributed by atoms with Gasteiger partial charge in [-0.2, -0.15) is 0 Å². The lowest BCUT2D eigenvalue weighted by atomic mass is 10.1. The summed E-state index contributed by atoms with van der Waals surface area (Å²) >= 11 is 0. The molecule has 2 aromatic heterocycles. The zero-order valence-corrected chi connectivity index (χ0v) is 16.1. The van der Waals surface area contributed by atoms with Gasteiger partial charge in [0.1, 0.15) is 5.82 Å². The zero-order valence-electron chi connectivity index (χ0n) is 16.1. The average molecular weight is 382 g/mol. The molecule has 0 saturated carbocycles. The van der Waals surface area contributed by atoms with Crippen LogP contribution in [0, 0.1) is 13.8 Å². The largest absolute Gasteiger partial charge is 0.493 e. The minimum absolute atomic E-state index is 0.0999. The summed E-state index contributed by atoms with van der Waals surface area (Å²) in [6, 6.07) is 9.01. The van der Waals surface area contributed by atoms with Crippen molar-refractivity contribution in [3.8, 4) is 22.8 Å². The Kier molecular flexibility index (Phi) is 6.21. The van der Waals surface area contributed by atoms with Crippen LogP contribution in [0.3, 0.4) is 0 Å². The zero-order chi connectivity index (χ0) is 19.9. The van der Waals surface area contributed by atoms with Gasteiger partial charge in [0.05, 0.1) is 24.1 Å². The van der Waals surface area contributed by atoms with Gasteiger partial charge >= 0.3 is 0 Å². The molecule has 0 radical (unpaired) electrons. The van der Waals surface area contributed by atoms with E-state index in [4.69, 9.17) is 14.0 Å². The molecule has 0 atom stereocenters. The minimum atomic E-state index is -0.228. The molecule has 28 heavy (non-hydrogen) atoms. The lowest BCUT2D eigenvalue weighted by Crippen LogP contribution is -2.30. The molecule has 3 aromatic rings. The van der Waals surface area contributed by atoms with E-state index >= 15 is 0 Å². The molecule has 146 valence electrons. The Bertz CT molecular complexity index is 955. The van der Waals surface area contributed by atoms with E-state index in [0.29, 0.717) is 36.0 Å². The van der Waals surface area contributed by atoms with Gasteiger partial charge in [-0.25, -0.2) is 9.97 Å². The number of hydrogen-bond donors (Lipinski definition) is 1. The molecule has 3 rings (SSSR count). The van der Waals surface area contributed by atoms with Crippen molar-refractivity contribution in [2.24, 2.45) is 0 Å². The maximum absolute atomic E-state index is 12.1. The fourth-order valence-corrected chi connectivity index (χ4v) is 2.66. The first-order valence-corrected chi connectivity index (χ1v) is 8.85. The molecular formula is C20H22N4O4. The highest BCUT2D eigenvalue weighted by Gasteiger charge is 2.13. The summed E-state index contributed by atoms with van der Waals surface area (Å²) < 4.78 is 16.0. The number of para-hydroxylation sites is 2. The molecule has 0 aliphatic heterocycles. The van der Waals surface area contributed by atoms with Crippen LogP contribution in [0.2, 0.25) is 0 Å². The fraction of sp³-hybridized carbons (Fsp3) is 0.300. The normalized spacial score (nSPS) is 10.5. The minimum Gasteiger partial charge on any atom is -0.493 e. The summed E-state index contributed by atoms with van der Waals surface area (Å²) in [6.45, 7) is 3.98. The van der Waals surface area contributed by atoms with Gasteiger partial charge in [-0.1, -0.05) is 17.3 Å². The molecule has 0 spiro atoms. The van der Waals surface area contributed by atoms with Crippen molar-refractivity contribution in [1.29, 1.82) is 0 Å². The van der Waals surface area contributed by atoms with Crippen molar-refractivity contribution < 1.29 is 18.8 Å². The van der Waals surface area contributed by atoms with Gasteiger partial charge in [-0.05, 0) is 26.0 Å². The summed E-state index contributed by atoms with van der Waals surface area (Å²) in [6.07, 6.45) is 2.24. The maximum atomic E-state index is 12.1. The highest BCUT2D eigenvalue weighted by atomic mass is 16.5. The van der Waals surface area contributed by atoms with Crippen LogP contribution in [0.25, 0.3) is 11.3 Å². The number of aromatic nitrogens is 3. The standard InChI is InChI=1S/C20H22N4O4/c1-13-10-19(28-24-13)15-11-22-14(2)23-16(15)8-9-21-20(25)12-27-18-7-5-4-6-17(18)26-3/h4-7,10-11H,8-9,12H2,1-3H3,(H,21,25). The number of nitrogens with zero attached hydrogens (tertiary/aromatic N) is 3. The lowest BCUT2D eigenvalue weighted by molar-refractivity contribution is -0.123. The molecule has 1 amide bonds. The second kappa shape index (κ2) is 8.98. The molecular weight excluding hydrogens is 360 g/mol. The third-order valence-corrected chi connectivity index (χ3v) is 3.99. The molecule has 0 bridgehead atoms. The van der Waals surface area contributed by atoms with Crippen LogP contribution in [0.15, 0.2) is 41.1 Å². The Balaban J connectivity index is 1.56. The molecule has 1 aromatic carbocycles. The molecule has 0 aliphatic carbocycles. The van der Waals surface area contributed by atoms with Gasteiger partial charge in [-0.15, -0.1) is 0 Å². The topological polar surface area (TPSA) is 99.4 Å². The van der Waals surface area contributed by atoms with Crippen LogP contribution in [0.5, 0.6) is 11.5 Å². The Morgan fingerprint density at radius 2 is 2.00 bits per heavy atom. The number of aryl methyl sites for hydroxylation is 2. The van der Waals surface area contributed by atoms with Crippen molar-refractivity contribution in [2.75, 3.05) is 20.3 Å². The van der Waals surface area contributed by atoms with Crippen LogP contribution >= 0.6 is 0 Å². The van der Waals surface area contributed by atoms with E-state index in [1.54, 1.807) is 25.4 Å². The first-order chi connectivity index (χ1) is 13.6. The van der Waals surface area contributed by atoms with E-state index in [1.807, 2.05) is 32.0 Å². The SMILES string of the molecule is COc1ccccc1OCC(=O)NCCc1nc(C)ncc1-c1cc(C)no1. The van der Waals surface area contributed by atoms with Crippen LogP contribution in [0.1, 0.15) is 17.2 Å². The molecule has 8 nitrogen and oxygen atoms in total. The third-order valence-electron chi connectivity index (χ3n) is 3.99. The number of amides is 1. The second-order valence-corrected chi connectivity index (χ2v) is 6.15. The van der Waals surface area contributed by atoms with Gasteiger partial charge in [0, 0.05) is 25.2 Å². The molecule has 0 aliphatic rings. The number of methoxy groups -OCH3 is 1. The van der Waals surface area contributed by atoms with Crippen LogP contribution in [0.4, 0.5) is 0 Å². The monoisotopic (exact) mass is 382 g/mol. The van der Waals surface area contributed by atoms with Gasteiger partial charge in [0.15, 0.2) is 23.9 Å². The molecule has 8 heteroatoms. The molecule has 0 saturated heterocycles. The van der Waals surface area contributed by atoms with E-state index in [9.17, 15) is 4.79 Å². The van der Waals surface area contributed by atoms with Gasteiger partial charge < -0.3 is 19.3 Å². The van der Waals surface area contributed by atoms with E-state index in [2.05, 4.69) is 20.4 Å². The van der Waals surface area contributed by atoms with E-state index in [0.717, 1.165) is 17.0 Å². The van der Waals surface area contributed by atoms with E-state index in [-0.39, 0.29) is 12.5 Å². The summed E-state index contributed by atoms with van der Waals surface area (Å²) in [5, 5.41) is 6.74. The smallest absolute Gasteiger partial charge is 0.257 e. The van der Waals surface area contributed by atoms with Crippen molar-refractivity contribution in [3.05, 3.63) is 53.7 Å². The molecule has 0 unspecified atom stereocenters. The number of benzene rings is 1. The number of hydrogen-bond acceptors (Lipinski definition) is 7. The number of nitrogens with one attached hydrogen (secondary N) is 1. The summed E-state index contributed by atoms with van der Waals surface area (Å²) in [5.41, 5.74) is 2.34. The highest BCUT2D eigenvalue weighted by molar-refractivity contribution is 5.77. The van der Waals surface area contributed by atoms with Crippen molar-refractivity contribution in [1.82, 2.24) is 20.4 Å². The maximum Gasteiger partial charge on any atom is 0.257 e. The van der Waals surface area contributed by atoms with E-state index in [1.165, 1.54) is 0 Å². The van der Waals surface area contributed by atoms with Crippen molar-refractivity contribution in [3.63, 3.8) is 0 Å². The van der Waals surface area contributed by atoms with Crippen LogP contribution < -0.4 is 14.8 Å². The Morgan fingerprint density at radius 1 is 1.21 bits per heavy atom. The molecule has 2 heterocycles. The van der Waals surface area contributed by atoms with Crippen LogP contribution in [-0.4, -0.2) is 41.3 Å².